The van der Waals surface area contributed by atoms with Crippen LogP contribution >= 0.6 is 11.6 Å². The van der Waals surface area contributed by atoms with E-state index in [1.807, 2.05) is 6.92 Å². The van der Waals surface area contributed by atoms with E-state index in [1.165, 1.54) is 19.2 Å². The summed E-state index contributed by atoms with van der Waals surface area (Å²) in [7, 11) is 0. The number of carbonyl (C=O) groups is 1. The number of halogens is 1. The van der Waals surface area contributed by atoms with Crippen molar-refractivity contribution >= 4 is 17.5 Å². The molecule has 1 heterocycles. The number of benzene rings is 1. The Hall–Kier alpha value is -2.08. The molecule has 1 aliphatic carbocycles. The molecule has 1 aromatic carbocycles. The van der Waals surface area contributed by atoms with Crippen LogP contribution in [-0.4, -0.2) is 32.8 Å². The molecule has 128 valence electrons. The smallest absolute Gasteiger partial charge is 0.255 e. The van der Waals surface area contributed by atoms with Gasteiger partial charge in [-0.25, -0.2) is 4.98 Å². The lowest BCUT2D eigenvalue weighted by molar-refractivity contribution is 0.0928. The van der Waals surface area contributed by atoms with Gasteiger partial charge in [-0.05, 0) is 50.8 Å². The van der Waals surface area contributed by atoms with Gasteiger partial charge >= 0.3 is 0 Å². The molecule has 0 spiro atoms. The topological polar surface area (TPSA) is 69.0 Å². The quantitative estimate of drug-likeness (QED) is 0.871. The van der Waals surface area contributed by atoms with Crippen LogP contribution in [0.3, 0.4) is 0 Å². The molecule has 1 N–H and O–H groups in total. The van der Waals surface area contributed by atoms with Crippen molar-refractivity contribution in [2.24, 2.45) is 0 Å². The maximum Gasteiger partial charge on any atom is 0.255 e. The Morgan fingerprint density at radius 2 is 2.25 bits per heavy atom. The Labute approximate surface area is 146 Å². The first-order valence-electron chi connectivity index (χ1n) is 8.21. The fraction of sp³-hybridized carbons (Fsp3) is 0.471. The second-order valence-electron chi connectivity index (χ2n) is 6.16. The largest absolute Gasteiger partial charge is 0.490 e. The first-order chi connectivity index (χ1) is 11.6. The average Bonchev–Trinajstić information content (AvgIpc) is 3.22. The first-order valence-corrected chi connectivity index (χ1v) is 8.59. The van der Waals surface area contributed by atoms with Crippen LogP contribution < -0.4 is 10.1 Å². The molecule has 0 aliphatic heterocycles. The summed E-state index contributed by atoms with van der Waals surface area (Å²) < 4.78 is 7.70. The molecule has 3 rings (SSSR count). The molecule has 0 bridgehead atoms. The summed E-state index contributed by atoms with van der Waals surface area (Å²) in [6.07, 6.45) is 7.70. The fourth-order valence-electron chi connectivity index (χ4n) is 2.92. The Bertz CT molecular complexity index is 684. The third-order valence-corrected chi connectivity index (χ3v) is 4.32. The molecule has 6 nitrogen and oxygen atoms in total. The van der Waals surface area contributed by atoms with Crippen LogP contribution in [0.15, 0.2) is 30.9 Å². The van der Waals surface area contributed by atoms with Crippen molar-refractivity contribution in [2.75, 3.05) is 0 Å². The molecule has 0 saturated heterocycles. The summed E-state index contributed by atoms with van der Waals surface area (Å²) in [4.78, 5) is 16.5. The zero-order valence-electron chi connectivity index (χ0n) is 13.6. The van der Waals surface area contributed by atoms with Gasteiger partial charge in [0.05, 0.1) is 18.2 Å². The van der Waals surface area contributed by atoms with Crippen LogP contribution in [-0.2, 0) is 6.54 Å². The third kappa shape index (κ3) is 4.26. The molecule has 1 atom stereocenters. The Morgan fingerprint density at radius 3 is 2.96 bits per heavy atom. The number of ether oxygens (including phenoxy) is 1. The highest BCUT2D eigenvalue weighted by atomic mass is 35.5. The Balaban J connectivity index is 1.69. The standard InChI is InChI=1S/C17H21ClN4O2/c1-12(9-22-11-19-10-20-22)21-17(23)15-8-13(18)6-7-16(15)24-14-4-2-3-5-14/h6-8,10-12,14H,2-5,9H2,1H3,(H,21,23). The maximum absolute atomic E-state index is 12.6. The summed E-state index contributed by atoms with van der Waals surface area (Å²) in [6, 6.07) is 5.08. The van der Waals surface area contributed by atoms with Crippen LogP contribution in [0.2, 0.25) is 5.02 Å². The zero-order valence-corrected chi connectivity index (χ0v) is 14.4. The van der Waals surface area contributed by atoms with Crippen molar-refractivity contribution in [1.29, 1.82) is 0 Å². The fourth-order valence-corrected chi connectivity index (χ4v) is 3.10. The molecule has 1 aliphatic rings. The van der Waals surface area contributed by atoms with Crippen molar-refractivity contribution in [1.82, 2.24) is 20.1 Å². The van der Waals surface area contributed by atoms with E-state index >= 15 is 0 Å². The third-order valence-electron chi connectivity index (χ3n) is 4.09. The first kappa shape index (κ1) is 16.8. The molecular formula is C17H21ClN4O2. The Kier molecular flexibility index (Phi) is 5.35. The number of amides is 1. The molecule has 1 amide bonds. The van der Waals surface area contributed by atoms with E-state index in [9.17, 15) is 4.79 Å². The van der Waals surface area contributed by atoms with Crippen LogP contribution in [0.1, 0.15) is 43.0 Å². The summed E-state index contributed by atoms with van der Waals surface area (Å²) in [5.74, 6) is 0.398. The number of nitrogens with one attached hydrogen (secondary N) is 1. The molecule has 7 heteroatoms. The van der Waals surface area contributed by atoms with Crippen molar-refractivity contribution < 1.29 is 9.53 Å². The highest BCUT2D eigenvalue weighted by Crippen LogP contribution is 2.28. The van der Waals surface area contributed by atoms with Gasteiger partial charge < -0.3 is 10.1 Å². The van der Waals surface area contributed by atoms with E-state index in [2.05, 4.69) is 15.4 Å². The van der Waals surface area contributed by atoms with Gasteiger partial charge in [-0.3, -0.25) is 9.48 Å². The minimum atomic E-state index is -0.196. The van der Waals surface area contributed by atoms with Gasteiger partial charge in [0.2, 0.25) is 0 Å². The minimum Gasteiger partial charge on any atom is -0.490 e. The van der Waals surface area contributed by atoms with Gasteiger partial charge in [-0.1, -0.05) is 11.6 Å². The van der Waals surface area contributed by atoms with Gasteiger partial charge in [-0.2, -0.15) is 5.10 Å². The number of hydrogen-bond acceptors (Lipinski definition) is 4. The highest BCUT2D eigenvalue weighted by molar-refractivity contribution is 6.31. The van der Waals surface area contributed by atoms with Gasteiger partial charge in [0.25, 0.3) is 5.91 Å². The number of aromatic nitrogens is 3. The molecule has 1 unspecified atom stereocenters. The predicted molar refractivity (Wildman–Crippen MR) is 91.3 cm³/mol. The van der Waals surface area contributed by atoms with Crippen LogP contribution in [0, 0.1) is 0 Å². The van der Waals surface area contributed by atoms with E-state index in [1.54, 1.807) is 29.2 Å². The van der Waals surface area contributed by atoms with Gasteiger partial charge in [0, 0.05) is 11.1 Å². The Morgan fingerprint density at radius 1 is 1.46 bits per heavy atom. The highest BCUT2D eigenvalue weighted by Gasteiger charge is 2.21. The maximum atomic E-state index is 12.6. The van der Waals surface area contributed by atoms with Crippen molar-refractivity contribution in [3.8, 4) is 5.75 Å². The van der Waals surface area contributed by atoms with Crippen LogP contribution in [0.4, 0.5) is 0 Å². The lowest BCUT2D eigenvalue weighted by Crippen LogP contribution is -2.36. The second-order valence-corrected chi connectivity index (χ2v) is 6.59. The van der Waals surface area contributed by atoms with Crippen molar-refractivity contribution in [2.45, 2.75) is 51.3 Å². The van der Waals surface area contributed by atoms with E-state index in [0.717, 1.165) is 12.8 Å². The average molecular weight is 349 g/mol. The number of nitrogens with zero attached hydrogens (tertiary/aromatic N) is 3. The van der Waals surface area contributed by atoms with Crippen molar-refractivity contribution in [3.63, 3.8) is 0 Å². The van der Waals surface area contributed by atoms with Gasteiger partial charge in [-0.15, -0.1) is 0 Å². The van der Waals surface area contributed by atoms with Gasteiger partial charge in [0.1, 0.15) is 18.4 Å². The lowest BCUT2D eigenvalue weighted by atomic mass is 10.1. The summed E-state index contributed by atoms with van der Waals surface area (Å²) in [5.41, 5.74) is 0.472. The summed E-state index contributed by atoms with van der Waals surface area (Å²) in [5, 5.41) is 7.52. The molecule has 0 radical (unpaired) electrons. The van der Waals surface area contributed by atoms with E-state index in [4.69, 9.17) is 16.3 Å². The van der Waals surface area contributed by atoms with E-state index in [-0.39, 0.29) is 18.1 Å². The predicted octanol–water partition coefficient (Wildman–Crippen LogP) is 3.07. The lowest BCUT2D eigenvalue weighted by Gasteiger charge is -2.18. The molecule has 24 heavy (non-hydrogen) atoms. The molecule has 1 fully saturated rings. The number of carbonyl (C=O) groups excluding carboxylic acids is 1. The summed E-state index contributed by atoms with van der Waals surface area (Å²) in [6.45, 7) is 2.47. The van der Waals surface area contributed by atoms with Crippen LogP contribution in [0.5, 0.6) is 5.75 Å². The van der Waals surface area contributed by atoms with E-state index < -0.39 is 0 Å². The summed E-state index contributed by atoms with van der Waals surface area (Å²) >= 11 is 6.07. The van der Waals surface area contributed by atoms with Crippen LogP contribution in [0.25, 0.3) is 0 Å². The number of hydrogen-bond donors (Lipinski definition) is 1. The molecule has 1 saturated carbocycles. The molecule has 1 aromatic heterocycles. The SMILES string of the molecule is CC(Cn1cncn1)NC(=O)c1cc(Cl)ccc1OC1CCCC1. The molecule has 2 aromatic rings. The monoisotopic (exact) mass is 348 g/mol. The van der Waals surface area contributed by atoms with Gasteiger partial charge in [0.15, 0.2) is 0 Å². The minimum absolute atomic E-state index is 0.0995. The van der Waals surface area contributed by atoms with Crippen molar-refractivity contribution in [3.05, 3.63) is 41.4 Å². The van der Waals surface area contributed by atoms with E-state index in [0.29, 0.717) is 22.9 Å². The second kappa shape index (κ2) is 7.66. The zero-order chi connectivity index (χ0) is 16.9. The molecular weight excluding hydrogens is 328 g/mol. The normalized spacial score (nSPS) is 16.1. The number of rotatable bonds is 6.